The van der Waals surface area contributed by atoms with Crippen LogP contribution in [0.25, 0.3) is 0 Å². The average molecular weight is 272 g/mol. The molecule has 0 fully saturated rings. The van der Waals surface area contributed by atoms with E-state index in [-0.39, 0.29) is 5.91 Å². The summed E-state index contributed by atoms with van der Waals surface area (Å²) < 4.78 is 5.18. The van der Waals surface area contributed by atoms with E-state index in [2.05, 4.69) is 5.32 Å². The number of ether oxygens (including phenoxy) is 1. The number of amides is 1. The Bertz CT molecular complexity index is 407. The second kappa shape index (κ2) is 7.24. The van der Waals surface area contributed by atoms with Crippen molar-refractivity contribution in [2.24, 2.45) is 0 Å². The van der Waals surface area contributed by atoms with E-state index in [9.17, 15) is 4.79 Å². The molecular weight excluding hydrogens is 254 g/mol. The van der Waals surface area contributed by atoms with Crippen LogP contribution in [0.3, 0.4) is 0 Å². The SMILES string of the molecule is COc1cccc(Cl)c1CNC(=O)CCC(C)O. The van der Waals surface area contributed by atoms with Gasteiger partial charge in [-0.2, -0.15) is 0 Å². The maximum atomic E-state index is 11.5. The Balaban J connectivity index is 2.55. The largest absolute Gasteiger partial charge is 0.496 e. The van der Waals surface area contributed by atoms with Crippen molar-refractivity contribution in [1.82, 2.24) is 5.32 Å². The van der Waals surface area contributed by atoms with E-state index in [0.717, 1.165) is 5.56 Å². The van der Waals surface area contributed by atoms with Crippen LogP contribution in [0.5, 0.6) is 5.75 Å². The Hall–Kier alpha value is -1.26. The van der Waals surface area contributed by atoms with Crippen LogP contribution in [0.15, 0.2) is 18.2 Å². The fraction of sp³-hybridized carbons (Fsp3) is 0.462. The van der Waals surface area contributed by atoms with E-state index in [0.29, 0.717) is 30.2 Å². The molecule has 0 aromatic heterocycles. The summed E-state index contributed by atoms with van der Waals surface area (Å²) in [7, 11) is 1.56. The summed E-state index contributed by atoms with van der Waals surface area (Å²) in [6.45, 7) is 1.98. The Morgan fingerprint density at radius 1 is 1.56 bits per heavy atom. The van der Waals surface area contributed by atoms with Crippen LogP contribution in [0.4, 0.5) is 0 Å². The van der Waals surface area contributed by atoms with Gasteiger partial charge in [0.15, 0.2) is 0 Å². The standard InChI is InChI=1S/C13H18ClNO3/c1-9(16)6-7-13(17)15-8-10-11(14)4-3-5-12(10)18-2/h3-5,9,16H,6-8H2,1-2H3,(H,15,17). The minimum Gasteiger partial charge on any atom is -0.496 e. The molecule has 0 aliphatic heterocycles. The number of carbonyl (C=O) groups excluding carboxylic acids is 1. The molecule has 0 radical (unpaired) electrons. The predicted molar refractivity (Wildman–Crippen MR) is 70.8 cm³/mol. The minimum absolute atomic E-state index is 0.113. The number of rotatable bonds is 6. The normalized spacial score (nSPS) is 12.0. The highest BCUT2D eigenvalue weighted by atomic mass is 35.5. The molecule has 0 heterocycles. The summed E-state index contributed by atoms with van der Waals surface area (Å²) >= 11 is 6.05. The molecule has 1 amide bonds. The number of nitrogens with one attached hydrogen (secondary N) is 1. The molecular formula is C13H18ClNO3. The molecule has 0 aliphatic carbocycles. The lowest BCUT2D eigenvalue weighted by Gasteiger charge is -2.11. The van der Waals surface area contributed by atoms with Gasteiger partial charge in [-0.1, -0.05) is 17.7 Å². The van der Waals surface area contributed by atoms with E-state index in [1.807, 2.05) is 0 Å². The maximum absolute atomic E-state index is 11.5. The molecule has 0 spiro atoms. The van der Waals surface area contributed by atoms with Crippen molar-refractivity contribution in [3.05, 3.63) is 28.8 Å². The van der Waals surface area contributed by atoms with Crippen molar-refractivity contribution in [2.45, 2.75) is 32.4 Å². The molecule has 4 nitrogen and oxygen atoms in total. The maximum Gasteiger partial charge on any atom is 0.220 e. The lowest BCUT2D eigenvalue weighted by molar-refractivity contribution is -0.121. The summed E-state index contributed by atoms with van der Waals surface area (Å²) in [4.78, 5) is 11.5. The summed E-state index contributed by atoms with van der Waals surface area (Å²) in [5, 5.41) is 12.4. The molecule has 0 bridgehead atoms. The fourth-order valence-electron chi connectivity index (χ4n) is 1.52. The number of aliphatic hydroxyl groups excluding tert-OH is 1. The van der Waals surface area contributed by atoms with Crippen LogP contribution in [-0.4, -0.2) is 24.2 Å². The van der Waals surface area contributed by atoms with Gasteiger partial charge in [-0.05, 0) is 25.5 Å². The molecule has 1 unspecified atom stereocenters. The molecule has 1 rings (SSSR count). The smallest absolute Gasteiger partial charge is 0.220 e. The second-order valence-corrected chi connectivity index (χ2v) is 4.49. The highest BCUT2D eigenvalue weighted by Crippen LogP contribution is 2.25. The van der Waals surface area contributed by atoms with Gasteiger partial charge in [0.1, 0.15) is 5.75 Å². The van der Waals surface area contributed by atoms with Gasteiger partial charge in [-0.3, -0.25) is 4.79 Å². The van der Waals surface area contributed by atoms with Crippen molar-refractivity contribution >= 4 is 17.5 Å². The van der Waals surface area contributed by atoms with Crippen LogP contribution >= 0.6 is 11.6 Å². The first-order valence-electron chi connectivity index (χ1n) is 5.80. The van der Waals surface area contributed by atoms with Crippen LogP contribution in [0, 0.1) is 0 Å². The zero-order chi connectivity index (χ0) is 13.5. The molecule has 0 aliphatic rings. The Morgan fingerprint density at radius 3 is 2.89 bits per heavy atom. The number of hydrogen-bond donors (Lipinski definition) is 2. The Labute approximate surface area is 112 Å². The van der Waals surface area contributed by atoms with Gasteiger partial charge in [0.2, 0.25) is 5.91 Å². The summed E-state index contributed by atoms with van der Waals surface area (Å²) in [5.41, 5.74) is 0.757. The van der Waals surface area contributed by atoms with Crippen molar-refractivity contribution in [2.75, 3.05) is 7.11 Å². The minimum atomic E-state index is -0.467. The van der Waals surface area contributed by atoms with Gasteiger partial charge in [0.05, 0.1) is 13.2 Å². The number of halogens is 1. The molecule has 5 heteroatoms. The van der Waals surface area contributed by atoms with E-state index in [1.165, 1.54) is 0 Å². The average Bonchev–Trinajstić information content (AvgIpc) is 2.34. The topological polar surface area (TPSA) is 58.6 Å². The van der Waals surface area contributed by atoms with E-state index < -0.39 is 6.10 Å². The van der Waals surface area contributed by atoms with E-state index in [1.54, 1.807) is 32.2 Å². The molecule has 18 heavy (non-hydrogen) atoms. The monoisotopic (exact) mass is 271 g/mol. The van der Waals surface area contributed by atoms with Gasteiger partial charge in [-0.25, -0.2) is 0 Å². The van der Waals surface area contributed by atoms with Crippen molar-refractivity contribution < 1.29 is 14.6 Å². The zero-order valence-electron chi connectivity index (χ0n) is 10.6. The highest BCUT2D eigenvalue weighted by Gasteiger charge is 2.09. The Morgan fingerprint density at radius 2 is 2.28 bits per heavy atom. The van der Waals surface area contributed by atoms with Crippen LogP contribution in [-0.2, 0) is 11.3 Å². The lowest BCUT2D eigenvalue weighted by Crippen LogP contribution is -2.24. The first-order chi connectivity index (χ1) is 8.54. The highest BCUT2D eigenvalue weighted by molar-refractivity contribution is 6.31. The number of benzene rings is 1. The first kappa shape index (κ1) is 14.8. The Kier molecular flexibility index (Phi) is 5.95. The van der Waals surface area contributed by atoms with Gasteiger partial charge < -0.3 is 15.2 Å². The van der Waals surface area contributed by atoms with Crippen molar-refractivity contribution in [1.29, 1.82) is 0 Å². The molecule has 1 aromatic carbocycles. The van der Waals surface area contributed by atoms with Crippen molar-refractivity contribution in [3.63, 3.8) is 0 Å². The quantitative estimate of drug-likeness (QED) is 0.833. The third kappa shape index (κ3) is 4.55. The predicted octanol–water partition coefficient (Wildman–Crippen LogP) is 2.13. The van der Waals surface area contributed by atoms with Gasteiger partial charge in [0, 0.05) is 23.6 Å². The number of aliphatic hydroxyl groups is 1. The molecule has 0 saturated heterocycles. The summed E-state index contributed by atoms with van der Waals surface area (Å²) in [6, 6.07) is 5.34. The van der Waals surface area contributed by atoms with Gasteiger partial charge in [-0.15, -0.1) is 0 Å². The number of carbonyl (C=O) groups is 1. The van der Waals surface area contributed by atoms with Crippen LogP contribution in [0.1, 0.15) is 25.3 Å². The zero-order valence-corrected chi connectivity index (χ0v) is 11.3. The third-order valence-corrected chi connectivity index (χ3v) is 2.90. The summed E-state index contributed by atoms with van der Waals surface area (Å²) in [6.07, 6.45) is 0.279. The molecule has 0 saturated carbocycles. The van der Waals surface area contributed by atoms with Crippen LogP contribution < -0.4 is 10.1 Å². The molecule has 1 aromatic rings. The lowest BCUT2D eigenvalue weighted by atomic mass is 10.2. The fourth-order valence-corrected chi connectivity index (χ4v) is 1.75. The van der Waals surface area contributed by atoms with Gasteiger partial charge >= 0.3 is 0 Å². The van der Waals surface area contributed by atoms with Gasteiger partial charge in [0.25, 0.3) is 0 Å². The molecule has 2 N–H and O–H groups in total. The molecule has 1 atom stereocenters. The first-order valence-corrected chi connectivity index (χ1v) is 6.18. The number of methoxy groups -OCH3 is 1. The van der Waals surface area contributed by atoms with Crippen molar-refractivity contribution in [3.8, 4) is 5.75 Å². The molecule has 100 valence electrons. The number of hydrogen-bond acceptors (Lipinski definition) is 3. The van der Waals surface area contributed by atoms with Crippen LogP contribution in [0.2, 0.25) is 5.02 Å². The summed E-state index contributed by atoms with van der Waals surface area (Å²) in [5.74, 6) is 0.538. The third-order valence-electron chi connectivity index (χ3n) is 2.55. The van der Waals surface area contributed by atoms with E-state index in [4.69, 9.17) is 21.4 Å². The van der Waals surface area contributed by atoms with E-state index >= 15 is 0 Å². The second-order valence-electron chi connectivity index (χ2n) is 4.09.